The Kier molecular flexibility index (Phi) is 3.82. The minimum atomic E-state index is -4.36. The number of nitrogens with two attached hydrogens (primary N) is 1. The molecule has 0 radical (unpaired) electrons. The number of halogens is 3. The van der Waals surface area contributed by atoms with Crippen molar-refractivity contribution in [2.24, 2.45) is 5.73 Å². The molecule has 16 heavy (non-hydrogen) atoms. The maximum atomic E-state index is 12.0. The molecule has 0 aromatic heterocycles. The predicted octanol–water partition coefficient (Wildman–Crippen LogP) is 1.82. The maximum absolute atomic E-state index is 12.0. The second-order valence-corrected chi connectivity index (χ2v) is 4.06. The molecule has 3 nitrogen and oxygen atoms in total. The highest BCUT2D eigenvalue weighted by atomic mass is 32.2. The summed E-state index contributed by atoms with van der Waals surface area (Å²) in [6, 6.07) is 4.78. The van der Waals surface area contributed by atoms with Gasteiger partial charge in [-0.3, -0.25) is 4.79 Å². The Bertz CT molecular complexity index is 377. The van der Waals surface area contributed by atoms with E-state index in [4.69, 9.17) is 5.73 Å². The first-order valence-corrected chi connectivity index (χ1v) is 4.94. The van der Waals surface area contributed by atoms with Crippen molar-refractivity contribution in [1.29, 1.82) is 0 Å². The van der Waals surface area contributed by atoms with Crippen LogP contribution in [0.3, 0.4) is 0 Å². The minimum Gasteiger partial charge on any atom is -0.378 e. The molecule has 0 aliphatic carbocycles. The second kappa shape index (κ2) is 4.75. The van der Waals surface area contributed by atoms with E-state index in [2.05, 4.69) is 0 Å². The highest BCUT2D eigenvalue weighted by molar-refractivity contribution is 8.00. The van der Waals surface area contributed by atoms with Crippen molar-refractivity contribution in [2.75, 3.05) is 0 Å². The van der Waals surface area contributed by atoms with Gasteiger partial charge in [-0.15, -0.1) is 0 Å². The molecule has 1 amide bonds. The Balaban J connectivity index is 2.79. The fourth-order valence-corrected chi connectivity index (χ4v) is 1.56. The van der Waals surface area contributed by atoms with Gasteiger partial charge >= 0.3 is 5.51 Å². The quantitative estimate of drug-likeness (QED) is 0.805. The summed E-state index contributed by atoms with van der Waals surface area (Å²) in [4.78, 5) is 10.6. The molecule has 1 aromatic rings. The number of alkyl halides is 3. The zero-order valence-corrected chi connectivity index (χ0v) is 8.68. The van der Waals surface area contributed by atoms with Crippen LogP contribution in [0, 0.1) is 0 Å². The van der Waals surface area contributed by atoms with Gasteiger partial charge in [0.05, 0.1) is 0 Å². The van der Waals surface area contributed by atoms with Gasteiger partial charge in [0.15, 0.2) is 6.10 Å². The largest absolute Gasteiger partial charge is 0.446 e. The number of aliphatic hydroxyl groups is 1. The van der Waals surface area contributed by atoms with Crippen LogP contribution < -0.4 is 5.73 Å². The first-order chi connectivity index (χ1) is 7.29. The fraction of sp³-hybridized carbons (Fsp3) is 0.222. The smallest absolute Gasteiger partial charge is 0.378 e. The van der Waals surface area contributed by atoms with Crippen molar-refractivity contribution < 1.29 is 23.1 Å². The van der Waals surface area contributed by atoms with Crippen LogP contribution in [0.1, 0.15) is 11.7 Å². The van der Waals surface area contributed by atoms with E-state index < -0.39 is 17.5 Å². The van der Waals surface area contributed by atoms with E-state index in [9.17, 15) is 23.1 Å². The lowest BCUT2D eigenvalue weighted by Gasteiger charge is -2.08. The number of thioether (sulfide) groups is 1. The molecule has 0 aliphatic rings. The van der Waals surface area contributed by atoms with Crippen LogP contribution in [0.2, 0.25) is 0 Å². The first-order valence-electron chi connectivity index (χ1n) is 4.12. The lowest BCUT2D eigenvalue weighted by molar-refractivity contribution is -0.126. The van der Waals surface area contributed by atoms with E-state index in [1.807, 2.05) is 0 Å². The van der Waals surface area contributed by atoms with Gasteiger partial charge in [-0.2, -0.15) is 13.2 Å². The molecular weight excluding hydrogens is 243 g/mol. The standard InChI is InChI=1S/C9H8F3NO2S/c10-9(11,12)16-6-3-1-5(2-4-6)7(14)8(13)15/h1-4,7,14H,(H2,13,15). The molecule has 1 rings (SSSR count). The van der Waals surface area contributed by atoms with Crippen LogP contribution in [0.5, 0.6) is 0 Å². The zero-order valence-electron chi connectivity index (χ0n) is 7.86. The SMILES string of the molecule is NC(=O)C(O)c1ccc(SC(F)(F)F)cc1. The molecule has 7 heteroatoms. The Morgan fingerprint density at radius 2 is 1.81 bits per heavy atom. The molecule has 88 valence electrons. The number of amides is 1. The number of primary amides is 1. The van der Waals surface area contributed by atoms with Gasteiger partial charge in [0, 0.05) is 4.90 Å². The molecule has 0 saturated heterocycles. The summed E-state index contributed by atoms with van der Waals surface area (Å²) in [6.45, 7) is 0. The van der Waals surface area contributed by atoms with Crippen molar-refractivity contribution >= 4 is 17.7 Å². The minimum absolute atomic E-state index is 0.0204. The number of benzene rings is 1. The normalized spacial score (nSPS) is 13.5. The Labute approximate surface area is 93.4 Å². The molecular formula is C9H8F3NO2S. The van der Waals surface area contributed by atoms with E-state index in [-0.39, 0.29) is 22.2 Å². The molecule has 1 aromatic carbocycles. The van der Waals surface area contributed by atoms with Gasteiger partial charge in [-0.05, 0) is 29.5 Å². The summed E-state index contributed by atoms with van der Waals surface area (Å²) in [5.74, 6) is -0.948. The molecule has 0 fully saturated rings. The van der Waals surface area contributed by atoms with Crippen molar-refractivity contribution in [1.82, 2.24) is 0 Å². The van der Waals surface area contributed by atoms with E-state index in [1.165, 1.54) is 24.3 Å². The Morgan fingerprint density at radius 3 is 2.19 bits per heavy atom. The first kappa shape index (κ1) is 12.9. The third kappa shape index (κ3) is 3.74. The molecule has 0 aliphatic heterocycles. The monoisotopic (exact) mass is 251 g/mol. The van der Waals surface area contributed by atoms with Gasteiger partial charge in [0.25, 0.3) is 5.91 Å². The van der Waals surface area contributed by atoms with E-state index >= 15 is 0 Å². The summed E-state index contributed by atoms with van der Waals surface area (Å²) >= 11 is -0.268. The van der Waals surface area contributed by atoms with Crippen molar-refractivity contribution in [2.45, 2.75) is 16.5 Å². The number of carbonyl (C=O) groups is 1. The van der Waals surface area contributed by atoms with E-state index in [1.54, 1.807) is 0 Å². The van der Waals surface area contributed by atoms with Crippen molar-refractivity contribution in [3.05, 3.63) is 29.8 Å². The third-order valence-corrected chi connectivity index (χ3v) is 2.44. The average molecular weight is 251 g/mol. The van der Waals surface area contributed by atoms with Gasteiger partial charge < -0.3 is 10.8 Å². The van der Waals surface area contributed by atoms with Gasteiger partial charge in [0.1, 0.15) is 0 Å². The number of rotatable bonds is 3. The van der Waals surface area contributed by atoms with E-state index in [0.717, 1.165) is 0 Å². The van der Waals surface area contributed by atoms with Crippen molar-refractivity contribution in [3.8, 4) is 0 Å². The highest BCUT2D eigenvalue weighted by Crippen LogP contribution is 2.36. The molecule has 0 saturated carbocycles. The van der Waals surface area contributed by atoms with Crippen molar-refractivity contribution in [3.63, 3.8) is 0 Å². The average Bonchev–Trinajstić information content (AvgIpc) is 2.15. The summed E-state index contributed by atoms with van der Waals surface area (Å²) < 4.78 is 35.9. The summed E-state index contributed by atoms with van der Waals surface area (Å²) in [5, 5.41) is 9.22. The molecule has 0 heterocycles. The molecule has 1 unspecified atom stereocenters. The van der Waals surface area contributed by atoms with Crippen LogP contribution in [0.25, 0.3) is 0 Å². The molecule has 0 spiro atoms. The second-order valence-electron chi connectivity index (χ2n) is 2.92. The topological polar surface area (TPSA) is 63.3 Å². The lowest BCUT2D eigenvalue weighted by Crippen LogP contribution is -2.20. The Hall–Kier alpha value is -1.21. The van der Waals surface area contributed by atoms with Crippen LogP contribution in [-0.4, -0.2) is 16.5 Å². The van der Waals surface area contributed by atoms with Crippen LogP contribution in [0.4, 0.5) is 13.2 Å². The van der Waals surface area contributed by atoms with Crippen LogP contribution >= 0.6 is 11.8 Å². The maximum Gasteiger partial charge on any atom is 0.446 e. The van der Waals surface area contributed by atoms with Gasteiger partial charge in [-0.1, -0.05) is 12.1 Å². The number of carbonyl (C=O) groups excluding carboxylic acids is 1. The summed E-state index contributed by atoms with van der Waals surface area (Å²) in [5.41, 5.74) is 0.642. The molecule has 3 N–H and O–H groups in total. The zero-order chi connectivity index (χ0) is 12.3. The highest BCUT2D eigenvalue weighted by Gasteiger charge is 2.29. The number of hydrogen-bond donors (Lipinski definition) is 2. The van der Waals surface area contributed by atoms with Gasteiger partial charge in [0.2, 0.25) is 0 Å². The van der Waals surface area contributed by atoms with Crippen LogP contribution in [-0.2, 0) is 4.79 Å². The molecule has 1 atom stereocenters. The van der Waals surface area contributed by atoms with E-state index in [0.29, 0.717) is 0 Å². The lowest BCUT2D eigenvalue weighted by atomic mass is 10.1. The van der Waals surface area contributed by atoms with Crippen LogP contribution in [0.15, 0.2) is 29.2 Å². The third-order valence-electron chi connectivity index (χ3n) is 1.70. The number of hydrogen-bond acceptors (Lipinski definition) is 3. The fourth-order valence-electron chi connectivity index (χ4n) is 1.02. The Morgan fingerprint density at radius 1 is 1.31 bits per heavy atom. The molecule has 0 bridgehead atoms. The summed E-state index contributed by atoms with van der Waals surface area (Å²) in [7, 11) is 0. The number of aliphatic hydroxyl groups excluding tert-OH is 1. The summed E-state index contributed by atoms with van der Waals surface area (Å²) in [6.07, 6.45) is -1.50. The van der Waals surface area contributed by atoms with Gasteiger partial charge in [-0.25, -0.2) is 0 Å². The predicted molar refractivity (Wildman–Crippen MR) is 52.5 cm³/mol.